The topological polar surface area (TPSA) is 50.8 Å². The summed E-state index contributed by atoms with van der Waals surface area (Å²) in [6.07, 6.45) is 0.729. The first-order valence-electron chi connectivity index (χ1n) is 6.67. The molecule has 0 aromatic carbocycles. The van der Waals surface area contributed by atoms with Crippen LogP contribution in [0.5, 0.6) is 0 Å². The maximum absolute atomic E-state index is 11.9. The van der Waals surface area contributed by atoms with Crippen LogP contribution in [0.2, 0.25) is 0 Å². The van der Waals surface area contributed by atoms with Crippen molar-refractivity contribution in [3.8, 4) is 0 Å². The Morgan fingerprint density at radius 3 is 2.63 bits per heavy atom. The lowest BCUT2D eigenvalue weighted by molar-refractivity contribution is -0.00505. The Morgan fingerprint density at radius 2 is 2.11 bits per heavy atom. The van der Waals surface area contributed by atoms with E-state index in [1.54, 1.807) is 4.90 Å². The summed E-state index contributed by atoms with van der Waals surface area (Å²) < 4.78 is 11.3. The summed E-state index contributed by atoms with van der Waals surface area (Å²) in [6.45, 7) is 8.92. The predicted molar refractivity (Wildman–Crippen MR) is 78.5 cm³/mol. The molecule has 0 aliphatic carbocycles. The van der Waals surface area contributed by atoms with E-state index >= 15 is 0 Å². The quantitative estimate of drug-likeness (QED) is 0.632. The Balaban J connectivity index is 2.39. The minimum Gasteiger partial charge on any atom is -0.444 e. The van der Waals surface area contributed by atoms with Gasteiger partial charge in [-0.05, 0) is 41.2 Å². The molecule has 5 nitrogen and oxygen atoms in total. The van der Waals surface area contributed by atoms with Crippen LogP contribution in [0.25, 0.3) is 0 Å². The highest BCUT2D eigenvalue weighted by atomic mass is 79.9. The molecule has 0 bridgehead atoms. The van der Waals surface area contributed by atoms with E-state index in [1.165, 1.54) is 0 Å². The van der Waals surface area contributed by atoms with Crippen molar-refractivity contribution >= 4 is 22.0 Å². The summed E-state index contributed by atoms with van der Waals surface area (Å²) in [5, 5.41) is 3.09. The molecule has 1 fully saturated rings. The van der Waals surface area contributed by atoms with Crippen LogP contribution in [-0.4, -0.2) is 53.9 Å². The van der Waals surface area contributed by atoms with E-state index in [-0.39, 0.29) is 23.3 Å². The largest absolute Gasteiger partial charge is 0.444 e. The molecule has 0 spiro atoms. The number of amides is 1. The first-order valence-corrected chi connectivity index (χ1v) is 7.59. The molecule has 6 heteroatoms. The molecule has 1 rings (SSSR count). The number of halogens is 1. The molecular formula is C13H25BrN2O3. The van der Waals surface area contributed by atoms with Gasteiger partial charge in [0.1, 0.15) is 5.60 Å². The molecule has 1 saturated heterocycles. The van der Waals surface area contributed by atoms with Gasteiger partial charge in [0.05, 0.1) is 23.7 Å². The zero-order valence-corrected chi connectivity index (χ0v) is 14.0. The van der Waals surface area contributed by atoms with Crippen molar-refractivity contribution in [3.05, 3.63) is 0 Å². The maximum atomic E-state index is 11.9. The molecule has 1 aliphatic rings. The van der Waals surface area contributed by atoms with Gasteiger partial charge in [-0.25, -0.2) is 4.79 Å². The lowest BCUT2D eigenvalue weighted by Gasteiger charge is -2.25. The van der Waals surface area contributed by atoms with Crippen LogP contribution in [0.15, 0.2) is 0 Å². The van der Waals surface area contributed by atoms with Gasteiger partial charge in [-0.3, -0.25) is 0 Å². The Kier molecular flexibility index (Phi) is 6.08. The van der Waals surface area contributed by atoms with Gasteiger partial charge in [0.25, 0.3) is 0 Å². The molecule has 0 aromatic rings. The highest BCUT2D eigenvalue weighted by molar-refractivity contribution is 9.09. The summed E-state index contributed by atoms with van der Waals surface area (Å²) in [4.78, 5) is 13.7. The average molecular weight is 337 g/mol. The number of alkyl halides is 1. The van der Waals surface area contributed by atoms with Crippen LogP contribution in [-0.2, 0) is 9.47 Å². The van der Waals surface area contributed by atoms with Gasteiger partial charge in [-0.1, -0.05) is 15.9 Å². The third-order valence-electron chi connectivity index (χ3n) is 2.89. The number of nitrogens with zero attached hydrogens (tertiary/aromatic N) is 1. The summed E-state index contributed by atoms with van der Waals surface area (Å²) in [5.74, 6) is 0. The highest BCUT2D eigenvalue weighted by Gasteiger charge is 2.31. The number of ether oxygens (including phenoxy) is 2. The van der Waals surface area contributed by atoms with Gasteiger partial charge < -0.3 is 19.7 Å². The Hall–Kier alpha value is -0.330. The van der Waals surface area contributed by atoms with Crippen LogP contribution < -0.4 is 5.32 Å². The summed E-state index contributed by atoms with van der Waals surface area (Å²) in [5.41, 5.74) is -0.448. The van der Waals surface area contributed by atoms with Crippen molar-refractivity contribution in [1.82, 2.24) is 10.2 Å². The number of rotatable bonds is 4. The molecule has 19 heavy (non-hydrogen) atoms. The van der Waals surface area contributed by atoms with Gasteiger partial charge in [0, 0.05) is 6.54 Å². The van der Waals surface area contributed by atoms with Crippen LogP contribution in [0.3, 0.4) is 0 Å². The fraction of sp³-hybridized carbons (Fsp3) is 0.923. The number of nitrogens with one attached hydrogen (secondary N) is 1. The number of hydrogen-bond donors (Lipinski definition) is 1. The lowest BCUT2D eigenvalue weighted by atomic mass is 10.2. The second-order valence-electron chi connectivity index (χ2n) is 5.87. The van der Waals surface area contributed by atoms with Gasteiger partial charge in [0.2, 0.25) is 0 Å². The number of likely N-dealkylation sites (N-methyl/N-ethyl adjacent to an activating group) is 1. The molecule has 1 unspecified atom stereocenters. The van der Waals surface area contributed by atoms with E-state index in [9.17, 15) is 4.79 Å². The zero-order valence-electron chi connectivity index (χ0n) is 12.4. The summed E-state index contributed by atoms with van der Waals surface area (Å²) >= 11 is 3.49. The molecule has 1 amide bonds. The first-order chi connectivity index (χ1) is 8.73. The van der Waals surface area contributed by atoms with E-state index in [0.29, 0.717) is 13.1 Å². The normalized spacial score (nSPS) is 23.3. The van der Waals surface area contributed by atoms with Crippen molar-refractivity contribution < 1.29 is 14.3 Å². The van der Waals surface area contributed by atoms with Crippen LogP contribution in [0, 0.1) is 0 Å². The van der Waals surface area contributed by atoms with Gasteiger partial charge in [-0.15, -0.1) is 0 Å². The zero-order chi connectivity index (χ0) is 14.6. The maximum Gasteiger partial charge on any atom is 0.410 e. The Labute approximate surface area is 124 Å². The minimum absolute atomic E-state index is 0.0496. The van der Waals surface area contributed by atoms with E-state index < -0.39 is 5.60 Å². The molecule has 0 saturated carbocycles. The molecule has 1 aliphatic heterocycles. The van der Waals surface area contributed by atoms with E-state index in [0.717, 1.165) is 6.42 Å². The van der Waals surface area contributed by atoms with Crippen molar-refractivity contribution in [2.45, 2.75) is 56.9 Å². The molecule has 0 aromatic heterocycles. The molecule has 1 N–H and O–H groups in total. The summed E-state index contributed by atoms with van der Waals surface area (Å²) in [7, 11) is 1.88. The van der Waals surface area contributed by atoms with Crippen molar-refractivity contribution in [2.75, 3.05) is 20.1 Å². The molecule has 3 atom stereocenters. The lowest BCUT2D eigenvalue weighted by Crippen LogP contribution is -2.38. The monoisotopic (exact) mass is 336 g/mol. The summed E-state index contributed by atoms with van der Waals surface area (Å²) in [6, 6.07) is 0. The van der Waals surface area contributed by atoms with E-state index in [1.807, 2.05) is 34.7 Å². The number of likely N-dealkylation sites (tertiary alicyclic amines) is 1. The van der Waals surface area contributed by atoms with Crippen LogP contribution in [0.1, 0.15) is 34.1 Å². The van der Waals surface area contributed by atoms with Gasteiger partial charge in [0.15, 0.2) is 0 Å². The second kappa shape index (κ2) is 6.90. The molecule has 1 heterocycles. The number of hydrogen-bond acceptors (Lipinski definition) is 4. The van der Waals surface area contributed by atoms with Crippen molar-refractivity contribution in [3.63, 3.8) is 0 Å². The number of carbonyl (C=O) groups excluding carboxylic acids is 1. The predicted octanol–water partition coefficient (Wildman–Crippen LogP) is 2.34. The average Bonchev–Trinajstić information content (AvgIpc) is 2.74. The van der Waals surface area contributed by atoms with Gasteiger partial charge >= 0.3 is 6.09 Å². The minimum atomic E-state index is -0.448. The van der Waals surface area contributed by atoms with E-state index in [2.05, 4.69) is 21.2 Å². The van der Waals surface area contributed by atoms with Gasteiger partial charge in [-0.2, -0.15) is 0 Å². The standard InChI is InChI=1S/C13H25BrN2O3/c1-9(11(14)15-5)18-10-6-7-16(8-10)12(17)19-13(2,3)4/h9-11,15H,6-8H2,1-5H3/t9?,10-,11+/m0/s1. The fourth-order valence-corrected chi connectivity index (χ4v) is 2.06. The Morgan fingerprint density at radius 1 is 1.47 bits per heavy atom. The van der Waals surface area contributed by atoms with Crippen LogP contribution >= 0.6 is 15.9 Å². The SMILES string of the molecule is CN[C@@H](Br)C(C)O[C@H]1CCN(C(=O)OC(C)(C)C)C1. The third kappa shape index (κ3) is 5.67. The molecule has 112 valence electrons. The third-order valence-corrected chi connectivity index (χ3v) is 4.09. The van der Waals surface area contributed by atoms with Crippen LogP contribution in [0.4, 0.5) is 4.79 Å². The number of carbonyl (C=O) groups is 1. The smallest absolute Gasteiger partial charge is 0.410 e. The van der Waals surface area contributed by atoms with Crippen molar-refractivity contribution in [2.24, 2.45) is 0 Å². The first kappa shape index (κ1) is 16.7. The highest BCUT2D eigenvalue weighted by Crippen LogP contribution is 2.19. The van der Waals surface area contributed by atoms with Crippen molar-refractivity contribution in [1.29, 1.82) is 0 Å². The second-order valence-corrected chi connectivity index (χ2v) is 6.86. The fourth-order valence-electron chi connectivity index (χ4n) is 1.94. The van der Waals surface area contributed by atoms with E-state index in [4.69, 9.17) is 9.47 Å². The molecule has 0 radical (unpaired) electrons. The molecular weight excluding hydrogens is 312 g/mol. The Bertz CT molecular complexity index is 307.